The lowest BCUT2D eigenvalue weighted by Gasteiger charge is -2.52. The molecular formula is C46H53ClN8O6. The maximum atomic E-state index is 13.1. The number of anilines is 3. The molecule has 0 aromatic heterocycles. The van der Waals surface area contributed by atoms with Crippen LogP contribution in [0.25, 0.3) is 0 Å². The van der Waals surface area contributed by atoms with Crippen molar-refractivity contribution in [3.63, 3.8) is 0 Å². The lowest BCUT2D eigenvalue weighted by atomic mass is 9.73. The van der Waals surface area contributed by atoms with Crippen molar-refractivity contribution >= 4 is 58.7 Å². The Bertz CT molecular complexity index is 2240. The predicted octanol–water partition coefficient (Wildman–Crippen LogP) is 4.47. The van der Waals surface area contributed by atoms with Gasteiger partial charge in [0.25, 0.3) is 11.8 Å². The van der Waals surface area contributed by atoms with Crippen LogP contribution in [0.1, 0.15) is 70.9 Å². The van der Waals surface area contributed by atoms with Gasteiger partial charge >= 0.3 is 0 Å². The summed E-state index contributed by atoms with van der Waals surface area (Å²) in [7, 11) is 1.70. The molecule has 2 unspecified atom stereocenters. The summed E-state index contributed by atoms with van der Waals surface area (Å²) in [6.07, 6.45) is 4.78. The average molecular weight is 849 g/mol. The average Bonchev–Trinajstić information content (AvgIpc) is 3.70. The van der Waals surface area contributed by atoms with E-state index in [1.54, 1.807) is 30.2 Å². The zero-order chi connectivity index (χ0) is 43.1. The number of hydrogen-bond donors (Lipinski definition) is 1. The summed E-state index contributed by atoms with van der Waals surface area (Å²) in [5.41, 5.74) is 5.73. The van der Waals surface area contributed by atoms with Gasteiger partial charge in [-0.25, -0.2) is 0 Å². The van der Waals surface area contributed by atoms with Crippen molar-refractivity contribution in [3.8, 4) is 6.07 Å². The number of hydrogen-bond acceptors (Lipinski definition) is 11. The molecule has 320 valence electrons. The van der Waals surface area contributed by atoms with E-state index >= 15 is 0 Å². The van der Waals surface area contributed by atoms with Gasteiger partial charge in [0.1, 0.15) is 17.7 Å². The number of carbonyl (C=O) groups excluding carboxylic acids is 5. The van der Waals surface area contributed by atoms with Crippen LogP contribution < -0.4 is 20.0 Å². The lowest BCUT2D eigenvalue weighted by molar-refractivity contribution is -0.136. The van der Waals surface area contributed by atoms with Crippen molar-refractivity contribution in [2.45, 2.75) is 63.6 Å². The Morgan fingerprint density at radius 2 is 1.49 bits per heavy atom. The van der Waals surface area contributed by atoms with Gasteiger partial charge in [0.15, 0.2) is 0 Å². The first-order valence-electron chi connectivity index (χ1n) is 21.2. The van der Waals surface area contributed by atoms with Crippen LogP contribution in [0, 0.1) is 23.7 Å². The summed E-state index contributed by atoms with van der Waals surface area (Å²) in [6, 6.07) is 21.5. The van der Waals surface area contributed by atoms with E-state index in [1.165, 1.54) is 30.5 Å². The molecule has 61 heavy (non-hydrogen) atoms. The molecule has 1 spiro atoms. The second-order valence-electron chi connectivity index (χ2n) is 17.4. The topological polar surface area (TPSA) is 150 Å². The Balaban J connectivity index is 0.000000173. The number of nitrogens with one attached hydrogen (secondary N) is 1. The van der Waals surface area contributed by atoms with Crippen molar-refractivity contribution in [3.05, 3.63) is 87.9 Å². The number of imide groups is 2. The lowest BCUT2D eigenvalue weighted by Crippen LogP contribution is -2.68. The van der Waals surface area contributed by atoms with Crippen molar-refractivity contribution < 1.29 is 28.7 Å². The second kappa shape index (κ2) is 17.1. The van der Waals surface area contributed by atoms with Crippen LogP contribution >= 0.6 is 11.6 Å². The van der Waals surface area contributed by atoms with Crippen LogP contribution in [0.3, 0.4) is 0 Å². The van der Waals surface area contributed by atoms with E-state index in [0.717, 1.165) is 62.0 Å². The molecule has 9 rings (SSSR count). The first-order valence-corrected chi connectivity index (χ1v) is 21.6. The molecule has 0 saturated carbocycles. The Morgan fingerprint density at radius 3 is 2.13 bits per heavy atom. The third-order valence-corrected chi connectivity index (χ3v) is 14.3. The number of benzene rings is 3. The van der Waals surface area contributed by atoms with Crippen molar-refractivity contribution in [2.24, 2.45) is 5.41 Å². The van der Waals surface area contributed by atoms with Gasteiger partial charge in [-0.3, -0.25) is 39.1 Å². The van der Waals surface area contributed by atoms with Crippen LogP contribution in [0.4, 0.5) is 17.1 Å². The van der Waals surface area contributed by atoms with Gasteiger partial charge < -0.3 is 24.3 Å². The van der Waals surface area contributed by atoms with Crippen LogP contribution in [0.5, 0.6) is 0 Å². The predicted molar refractivity (Wildman–Crippen MR) is 232 cm³/mol. The van der Waals surface area contributed by atoms with E-state index < -0.39 is 29.7 Å². The van der Waals surface area contributed by atoms with Crippen molar-refractivity contribution in [1.29, 1.82) is 5.26 Å². The molecule has 1 N–H and O–H groups in total. The largest absolute Gasteiger partial charge is 0.373 e. The minimum atomic E-state index is -0.974. The number of nitrogens with zero attached hydrogens (tertiary/aromatic N) is 7. The normalized spacial score (nSPS) is 23.3. The number of piperidine rings is 2. The summed E-state index contributed by atoms with van der Waals surface area (Å²) in [5.74, 6) is -2.04. The van der Waals surface area contributed by atoms with Gasteiger partial charge in [0.2, 0.25) is 18.2 Å². The van der Waals surface area contributed by atoms with Crippen LogP contribution in [-0.4, -0.2) is 135 Å². The van der Waals surface area contributed by atoms with E-state index in [1.807, 2.05) is 18.2 Å². The number of aryl methyl sites for hydroxylation is 1. The number of piperazine rings is 1. The van der Waals surface area contributed by atoms with Gasteiger partial charge in [0.05, 0.1) is 34.8 Å². The highest BCUT2D eigenvalue weighted by atomic mass is 35.5. The molecule has 3 aromatic rings. The van der Waals surface area contributed by atoms with Gasteiger partial charge in [0, 0.05) is 89.0 Å². The second-order valence-corrected chi connectivity index (χ2v) is 17.8. The molecule has 3 aromatic carbocycles. The smallest absolute Gasteiger partial charge is 0.262 e. The van der Waals surface area contributed by atoms with Crippen LogP contribution in [0.2, 0.25) is 5.02 Å². The highest BCUT2D eigenvalue weighted by Crippen LogP contribution is 2.48. The molecular weight excluding hydrogens is 796 g/mol. The van der Waals surface area contributed by atoms with Gasteiger partial charge in [-0.05, 0) is 93.5 Å². The third-order valence-electron chi connectivity index (χ3n) is 14.0. The van der Waals surface area contributed by atoms with E-state index in [-0.39, 0.29) is 29.6 Å². The van der Waals surface area contributed by atoms with Gasteiger partial charge in [-0.15, -0.1) is 0 Å². The van der Waals surface area contributed by atoms with Crippen LogP contribution in [0.15, 0.2) is 60.7 Å². The Kier molecular flexibility index (Phi) is 11.8. The van der Waals surface area contributed by atoms with Gasteiger partial charge in [-0.1, -0.05) is 29.3 Å². The summed E-state index contributed by atoms with van der Waals surface area (Å²) in [5, 5.41) is 11.9. The number of rotatable bonds is 8. The summed E-state index contributed by atoms with van der Waals surface area (Å²) >= 11 is 6.28. The first kappa shape index (κ1) is 42.2. The van der Waals surface area contributed by atoms with E-state index in [4.69, 9.17) is 21.6 Å². The zero-order valence-electron chi connectivity index (χ0n) is 35.1. The van der Waals surface area contributed by atoms with Crippen molar-refractivity contribution in [2.75, 3.05) is 87.3 Å². The minimum Gasteiger partial charge on any atom is -0.373 e. The molecule has 5 fully saturated rings. The quantitative estimate of drug-likeness (QED) is 0.253. The Labute approximate surface area is 361 Å². The number of nitriles is 1. The molecule has 0 radical (unpaired) electrons. The fourth-order valence-corrected chi connectivity index (χ4v) is 10.3. The summed E-state index contributed by atoms with van der Waals surface area (Å²) in [6.45, 7) is 12.8. The number of amides is 5. The number of ether oxygens (including phenoxy) is 1. The zero-order valence-corrected chi connectivity index (χ0v) is 35.8. The molecule has 6 aliphatic heterocycles. The molecule has 5 amide bonds. The van der Waals surface area contributed by atoms with E-state index in [9.17, 15) is 24.0 Å². The third kappa shape index (κ3) is 8.18. The SMILES string of the molecule is COC1(CN2CCN(C=O)CC2)CN(c2ccc3c(c2)C(=O)N(C2CCC(=O)NC2=O)C3=O)C1.Cc1ccc(N2CCC3(CC2)CCN(c2ccc(C#N)c(Cl)c2)C3C)cc1. The molecule has 2 atom stereocenters. The molecule has 6 heterocycles. The Morgan fingerprint density at radius 1 is 0.836 bits per heavy atom. The first-order chi connectivity index (χ1) is 29.4. The van der Waals surface area contributed by atoms with Gasteiger partial charge in [-0.2, -0.15) is 5.26 Å². The highest BCUT2D eigenvalue weighted by Gasteiger charge is 2.49. The number of methoxy groups -OCH3 is 1. The molecule has 15 heteroatoms. The van der Waals surface area contributed by atoms with E-state index in [2.05, 4.69) is 69.1 Å². The number of halogens is 1. The highest BCUT2D eigenvalue weighted by molar-refractivity contribution is 6.32. The number of fused-ring (bicyclic) bond motifs is 1. The molecule has 0 bridgehead atoms. The fraction of sp³-hybridized carbons (Fsp3) is 0.478. The Hall–Kier alpha value is -5.49. The minimum absolute atomic E-state index is 0.0894. The fourth-order valence-electron chi connectivity index (χ4n) is 10.1. The maximum absolute atomic E-state index is 13.1. The summed E-state index contributed by atoms with van der Waals surface area (Å²) < 4.78 is 5.86. The van der Waals surface area contributed by atoms with Crippen LogP contribution in [-0.2, 0) is 19.1 Å². The maximum Gasteiger partial charge on any atom is 0.262 e. The molecule has 0 aliphatic carbocycles. The molecule has 14 nitrogen and oxygen atoms in total. The monoisotopic (exact) mass is 848 g/mol. The van der Waals surface area contributed by atoms with E-state index in [0.29, 0.717) is 48.2 Å². The summed E-state index contributed by atoms with van der Waals surface area (Å²) in [4.78, 5) is 72.7. The molecule has 6 aliphatic rings. The standard InChI is InChI=1S/C23H26ClN3.C23H27N5O6/c1-17-3-6-20(7-4-17)26-12-9-23(10-13-26)11-14-27(18(23)2)21-8-5-19(16-25)22(24)15-21;1-34-23(11-25-6-8-26(14-29)9-7-25)12-27(13-23)15-2-3-16-17(10-15)22(33)28(21(16)32)18-4-5-19(30)24-20(18)31/h3-8,15,18H,9-14H2,1-2H3;2-3,10,14,18H,4-9,11-13H2,1H3,(H,24,30,31). The molecule has 5 saturated heterocycles. The number of carbonyl (C=O) groups is 5. The van der Waals surface area contributed by atoms with Crippen molar-refractivity contribution in [1.82, 2.24) is 20.0 Å².